The van der Waals surface area contributed by atoms with Crippen LogP contribution in [0.15, 0.2) is 48.5 Å². The quantitative estimate of drug-likeness (QED) is 0.501. The van der Waals surface area contributed by atoms with Crippen molar-refractivity contribution < 1.29 is 19.1 Å². The molecule has 3 aromatic rings. The van der Waals surface area contributed by atoms with Crippen molar-refractivity contribution in [3.05, 3.63) is 69.6 Å². The topological polar surface area (TPSA) is 87.7 Å². The van der Waals surface area contributed by atoms with Gasteiger partial charge in [0.05, 0.1) is 22.2 Å². The summed E-state index contributed by atoms with van der Waals surface area (Å²) in [6.45, 7) is 2.61. The van der Waals surface area contributed by atoms with Crippen molar-refractivity contribution in [1.29, 1.82) is 0 Å². The Kier molecular flexibility index (Phi) is 7.19. The maximum atomic E-state index is 13.3. The molecule has 34 heavy (non-hydrogen) atoms. The number of amides is 3. The summed E-state index contributed by atoms with van der Waals surface area (Å²) in [4.78, 5) is 39.7. The molecule has 9 heteroatoms. The van der Waals surface area contributed by atoms with Crippen LogP contribution in [0.3, 0.4) is 0 Å². The van der Waals surface area contributed by atoms with Gasteiger partial charge in [0.25, 0.3) is 11.8 Å². The second kappa shape index (κ2) is 10.3. The first-order valence-corrected chi connectivity index (χ1v) is 12.0. The van der Waals surface area contributed by atoms with E-state index in [1.807, 2.05) is 30.3 Å². The highest BCUT2D eigenvalue weighted by molar-refractivity contribution is 7.17. The smallest absolute Gasteiger partial charge is 0.268 e. The first kappa shape index (κ1) is 23.8. The molecule has 176 valence electrons. The van der Waals surface area contributed by atoms with Crippen LogP contribution in [0.25, 0.3) is 10.4 Å². The number of para-hydroxylation sites is 1. The van der Waals surface area contributed by atoms with Gasteiger partial charge in [-0.1, -0.05) is 23.7 Å². The van der Waals surface area contributed by atoms with Crippen molar-refractivity contribution in [2.24, 2.45) is 0 Å². The Morgan fingerprint density at radius 3 is 2.62 bits per heavy atom. The van der Waals surface area contributed by atoms with Crippen LogP contribution in [0.4, 0.5) is 5.69 Å². The van der Waals surface area contributed by atoms with Crippen LogP contribution in [0.2, 0.25) is 5.02 Å². The fourth-order valence-electron chi connectivity index (χ4n) is 3.71. The largest absolute Gasteiger partial charge is 0.493 e. The maximum absolute atomic E-state index is 13.3. The van der Waals surface area contributed by atoms with Crippen molar-refractivity contribution in [2.75, 3.05) is 31.6 Å². The van der Waals surface area contributed by atoms with Gasteiger partial charge in [0.2, 0.25) is 5.91 Å². The zero-order valence-electron chi connectivity index (χ0n) is 18.8. The number of hydrogen-bond acceptors (Lipinski definition) is 5. The molecule has 2 N–H and O–H groups in total. The molecule has 0 spiro atoms. The molecule has 1 aliphatic rings. The Morgan fingerprint density at radius 1 is 1.09 bits per heavy atom. The molecule has 0 radical (unpaired) electrons. The van der Waals surface area contributed by atoms with Crippen LogP contribution in [0.5, 0.6) is 5.75 Å². The summed E-state index contributed by atoms with van der Waals surface area (Å²) in [5.74, 6) is 0.181. The maximum Gasteiger partial charge on any atom is 0.268 e. The third-order valence-corrected chi connectivity index (χ3v) is 6.94. The minimum Gasteiger partial charge on any atom is -0.493 e. The molecule has 0 fully saturated rings. The zero-order chi connectivity index (χ0) is 24.2. The molecule has 0 aliphatic carbocycles. The van der Waals surface area contributed by atoms with E-state index in [9.17, 15) is 14.4 Å². The monoisotopic (exact) mass is 497 g/mol. The number of fused-ring (bicyclic) bond motifs is 3. The van der Waals surface area contributed by atoms with Gasteiger partial charge in [-0.2, -0.15) is 0 Å². The summed E-state index contributed by atoms with van der Waals surface area (Å²) >= 11 is 7.89. The highest BCUT2D eigenvalue weighted by Crippen LogP contribution is 2.41. The summed E-state index contributed by atoms with van der Waals surface area (Å²) in [5, 5.41) is 5.63. The number of thiophene rings is 1. The molecule has 3 amide bonds. The normalized spacial score (nSPS) is 12.0. The lowest BCUT2D eigenvalue weighted by Gasteiger charge is -2.18. The Morgan fingerprint density at radius 2 is 1.85 bits per heavy atom. The highest BCUT2D eigenvalue weighted by Gasteiger charge is 2.24. The molecule has 0 saturated carbocycles. The van der Waals surface area contributed by atoms with Gasteiger partial charge in [-0.05, 0) is 42.0 Å². The molecule has 1 aliphatic heterocycles. The van der Waals surface area contributed by atoms with E-state index < -0.39 is 0 Å². The Hall–Kier alpha value is -3.36. The fraction of sp³-hybridized carbons (Fsp3) is 0.240. The van der Waals surface area contributed by atoms with E-state index in [1.165, 1.54) is 29.2 Å². The molecule has 0 saturated heterocycles. The Bertz CT molecular complexity index is 1260. The van der Waals surface area contributed by atoms with Crippen molar-refractivity contribution in [2.45, 2.75) is 13.3 Å². The van der Waals surface area contributed by atoms with E-state index in [2.05, 4.69) is 10.6 Å². The molecular formula is C25H24ClN3O4S. The summed E-state index contributed by atoms with van der Waals surface area (Å²) in [6, 6.07) is 14.6. The first-order chi connectivity index (χ1) is 16.3. The van der Waals surface area contributed by atoms with Gasteiger partial charge in [0, 0.05) is 49.5 Å². The standard InChI is InChI=1S/C25H24ClN3O4S/c1-15(30)27-10-11-28-24(31)17-7-8-20(19(26)13-17)29(2)25(32)22-14-16-9-12-33-21-6-4-3-5-18(21)23(16)34-22/h3-8,13-14H,9-12H2,1-2H3,(H,27,30)(H,28,31). The van der Waals surface area contributed by atoms with E-state index in [1.54, 1.807) is 19.2 Å². The van der Waals surface area contributed by atoms with Crippen LogP contribution in [0.1, 0.15) is 32.5 Å². The van der Waals surface area contributed by atoms with Gasteiger partial charge in [-0.25, -0.2) is 0 Å². The first-order valence-electron chi connectivity index (χ1n) is 10.8. The van der Waals surface area contributed by atoms with Crippen molar-refractivity contribution >= 4 is 46.3 Å². The van der Waals surface area contributed by atoms with Crippen LogP contribution in [0, 0.1) is 0 Å². The second-order valence-corrected chi connectivity index (χ2v) is 9.29. The van der Waals surface area contributed by atoms with Crippen LogP contribution in [-0.2, 0) is 11.2 Å². The van der Waals surface area contributed by atoms with E-state index >= 15 is 0 Å². The van der Waals surface area contributed by atoms with E-state index in [4.69, 9.17) is 16.3 Å². The lowest BCUT2D eigenvalue weighted by molar-refractivity contribution is -0.118. The van der Waals surface area contributed by atoms with Crippen molar-refractivity contribution in [3.63, 3.8) is 0 Å². The lowest BCUT2D eigenvalue weighted by atomic mass is 10.1. The van der Waals surface area contributed by atoms with E-state index in [-0.39, 0.29) is 17.7 Å². The summed E-state index contributed by atoms with van der Waals surface area (Å²) in [6.07, 6.45) is 0.726. The van der Waals surface area contributed by atoms with Gasteiger partial charge >= 0.3 is 0 Å². The molecule has 2 heterocycles. The molecule has 0 bridgehead atoms. The minimum atomic E-state index is -0.310. The van der Waals surface area contributed by atoms with Crippen LogP contribution >= 0.6 is 22.9 Å². The summed E-state index contributed by atoms with van der Waals surface area (Å²) in [5.41, 5.74) is 2.96. The van der Waals surface area contributed by atoms with Gasteiger partial charge < -0.3 is 20.3 Å². The molecule has 0 atom stereocenters. The summed E-state index contributed by atoms with van der Waals surface area (Å²) in [7, 11) is 1.67. The number of carbonyl (C=O) groups excluding carboxylic acids is 3. The molecule has 1 aromatic heterocycles. The van der Waals surface area contributed by atoms with Gasteiger partial charge in [0.1, 0.15) is 5.75 Å². The average molecular weight is 498 g/mol. The molecule has 0 unspecified atom stereocenters. The Balaban J connectivity index is 1.50. The zero-order valence-corrected chi connectivity index (χ0v) is 20.4. The van der Waals surface area contributed by atoms with Gasteiger partial charge in [0.15, 0.2) is 0 Å². The molecule has 2 aromatic carbocycles. The number of halogens is 1. The number of nitrogens with one attached hydrogen (secondary N) is 2. The Labute approximate surface area is 206 Å². The number of ether oxygens (including phenoxy) is 1. The minimum absolute atomic E-state index is 0.158. The molecular weight excluding hydrogens is 474 g/mol. The van der Waals surface area contributed by atoms with Crippen LogP contribution < -0.4 is 20.3 Å². The predicted molar refractivity (Wildman–Crippen MR) is 134 cm³/mol. The number of hydrogen-bond donors (Lipinski definition) is 2. The fourth-order valence-corrected chi connectivity index (χ4v) is 5.23. The highest BCUT2D eigenvalue weighted by atomic mass is 35.5. The summed E-state index contributed by atoms with van der Waals surface area (Å²) < 4.78 is 5.84. The lowest BCUT2D eigenvalue weighted by Crippen LogP contribution is -2.33. The molecule has 7 nitrogen and oxygen atoms in total. The van der Waals surface area contributed by atoms with E-state index in [0.717, 1.165) is 28.2 Å². The van der Waals surface area contributed by atoms with Gasteiger partial charge in [-0.15, -0.1) is 11.3 Å². The predicted octanol–water partition coefficient (Wildman–Crippen LogP) is 4.15. The SMILES string of the molecule is CC(=O)NCCNC(=O)c1ccc(N(C)C(=O)c2cc3c(s2)-c2ccccc2OCC3)c(Cl)c1. The van der Waals surface area contributed by atoms with Gasteiger partial charge in [-0.3, -0.25) is 14.4 Å². The number of carbonyl (C=O) groups is 3. The van der Waals surface area contributed by atoms with Crippen LogP contribution in [-0.4, -0.2) is 44.5 Å². The van der Waals surface area contributed by atoms with E-state index in [0.29, 0.717) is 40.8 Å². The second-order valence-electron chi connectivity index (χ2n) is 7.83. The van der Waals surface area contributed by atoms with Crippen molar-refractivity contribution in [3.8, 4) is 16.2 Å². The van der Waals surface area contributed by atoms with Crippen molar-refractivity contribution in [1.82, 2.24) is 10.6 Å². The number of rotatable bonds is 6. The number of anilines is 1. The third-order valence-electron chi connectivity index (χ3n) is 5.44. The average Bonchev–Trinajstić information content (AvgIpc) is 3.17. The third kappa shape index (κ3) is 5.08. The number of benzene rings is 2. The number of nitrogens with zero attached hydrogens (tertiary/aromatic N) is 1. The molecule has 4 rings (SSSR count).